The first-order valence-corrected chi connectivity index (χ1v) is 7.11. The van der Waals surface area contributed by atoms with Gasteiger partial charge in [-0.2, -0.15) is 0 Å². The smallest absolute Gasteiger partial charge is 0.242 e. The van der Waals surface area contributed by atoms with Gasteiger partial charge in [-0.05, 0) is 31.6 Å². The van der Waals surface area contributed by atoms with Crippen molar-refractivity contribution in [3.05, 3.63) is 6.33 Å². The third-order valence-corrected chi connectivity index (χ3v) is 3.77. The number of hydrogen-bond acceptors (Lipinski definition) is 4. The van der Waals surface area contributed by atoms with Gasteiger partial charge in [0.2, 0.25) is 11.9 Å². The van der Waals surface area contributed by atoms with Crippen molar-refractivity contribution in [2.24, 2.45) is 5.92 Å². The Bertz CT molecular complexity index is 409. The number of carbonyl (C=O) groups excluding carboxylic acids is 1. The fraction of sp³-hybridized carbons (Fsp3) is 0.769. The Hall–Kier alpha value is -1.59. The molecule has 6 nitrogen and oxygen atoms in total. The monoisotopic (exact) mass is 265 g/mol. The lowest BCUT2D eigenvalue weighted by Gasteiger charge is -2.28. The second-order valence-corrected chi connectivity index (χ2v) is 5.37. The Labute approximate surface area is 113 Å². The zero-order valence-electron chi connectivity index (χ0n) is 11.5. The third kappa shape index (κ3) is 4.22. The highest BCUT2D eigenvalue weighted by atomic mass is 16.2. The molecule has 3 N–H and O–H groups in total. The average Bonchev–Trinajstić information content (AvgIpc) is 2.77. The molecular weight excluding hydrogens is 242 g/mol. The van der Waals surface area contributed by atoms with E-state index in [-0.39, 0.29) is 18.4 Å². The van der Waals surface area contributed by atoms with Gasteiger partial charge < -0.3 is 11.1 Å². The zero-order valence-corrected chi connectivity index (χ0v) is 11.5. The molecular formula is C13H23N5O. The maximum Gasteiger partial charge on any atom is 0.242 e. The van der Waals surface area contributed by atoms with E-state index in [1.807, 2.05) is 0 Å². The van der Waals surface area contributed by atoms with Crippen LogP contribution in [0.4, 0.5) is 5.95 Å². The number of nitrogen functional groups attached to an aromatic ring is 1. The number of anilines is 1. The standard InChI is InChI=1S/C13H23N5O/c1-2-3-10-4-6-11(7-5-10)16-12(19)8-18-9-15-13(14)17-18/h9-11H,2-8H2,1H3,(H2,14,17)(H,16,19). The second-order valence-electron chi connectivity index (χ2n) is 5.37. The summed E-state index contributed by atoms with van der Waals surface area (Å²) in [7, 11) is 0. The Balaban J connectivity index is 1.71. The number of aromatic nitrogens is 3. The number of amides is 1. The van der Waals surface area contributed by atoms with Gasteiger partial charge in [-0.25, -0.2) is 9.67 Å². The van der Waals surface area contributed by atoms with E-state index in [1.165, 1.54) is 36.7 Å². The molecule has 0 aromatic carbocycles. The van der Waals surface area contributed by atoms with E-state index in [0.717, 1.165) is 18.8 Å². The molecule has 1 saturated carbocycles. The Morgan fingerprint density at radius 1 is 1.47 bits per heavy atom. The summed E-state index contributed by atoms with van der Waals surface area (Å²) in [6.07, 6.45) is 8.71. The molecule has 2 rings (SSSR count). The molecule has 1 aliphatic carbocycles. The van der Waals surface area contributed by atoms with Crippen LogP contribution in [0, 0.1) is 5.92 Å². The molecule has 0 aliphatic heterocycles. The van der Waals surface area contributed by atoms with Crippen LogP contribution in [0.1, 0.15) is 45.4 Å². The highest BCUT2D eigenvalue weighted by Gasteiger charge is 2.21. The predicted molar refractivity (Wildman–Crippen MR) is 73.2 cm³/mol. The number of nitrogens with two attached hydrogens (primary N) is 1. The summed E-state index contributed by atoms with van der Waals surface area (Å²) in [5.74, 6) is 1.05. The van der Waals surface area contributed by atoms with E-state index < -0.39 is 0 Å². The Morgan fingerprint density at radius 3 is 2.79 bits per heavy atom. The maximum absolute atomic E-state index is 11.9. The summed E-state index contributed by atoms with van der Waals surface area (Å²) in [6.45, 7) is 2.43. The van der Waals surface area contributed by atoms with Gasteiger partial charge in [0, 0.05) is 6.04 Å². The second kappa shape index (κ2) is 6.54. The normalized spacial score (nSPS) is 23.2. The molecule has 0 atom stereocenters. The van der Waals surface area contributed by atoms with Gasteiger partial charge in [0.15, 0.2) is 0 Å². The minimum absolute atomic E-state index is 0.0103. The van der Waals surface area contributed by atoms with Crippen molar-refractivity contribution in [1.29, 1.82) is 0 Å². The van der Waals surface area contributed by atoms with E-state index in [4.69, 9.17) is 5.73 Å². The van der Waals surface area contributed by atoms with Crippen LogP contribution in [0.15, 0.2) is 6.33 Å². The van der Waals surface area contributed by atoms with Gasteiger partial charge in [0.05, 0.1) is 0 Å². The molecule has 19 heavy (non-hydrogen) atoms. The van der Waals surface area contributed by atoms with Crippen molar-refractivity contribution >= 4 is 11.9 Å². The van der Waals surface area contributed by atoms with Crippen molar-refractivity contribution in [2.45, 2.75) is 58.0 Å². The first-order chi connectivity index (χ1) is 9.17. The molecule has 1 fully saturated rings. The molecule has 1 aliphatic rings. The van der Waals surface area contributed by atoms with E-state index in [9.17, 15) is 4.79 Å². The molecule has 106 valence electrons. The SMILES string of the molecule is CCCC1CCC(NC(=O)Cn2cnc(N)n2)CC1. The van der Waals surface area contributed by atoms with E-state index in [2.05, 4.69) is 22.3 Å². The first-order valence-electron chi connectivity index (χ1n) is 7.11. The van der Waals surface area contributed by atoms with E-state index in [1.54, 1.807) is 0 Å². The maximum atomic E-state index is 11.9. The van der Waals surface area contributed by atoms with Crippen LogP contribution < -0.4 is 11.1 Å². The summed E-state index contributed by atoms with van der Waals surface area (Å²) >= 11 is 0. The summed E-state index contributed by atoms with van der Waals surface area (Å²) < 4.78 is 1.47. The predicted octanol–water partition coefficient (Wildman–Crippen LogP) is 1.34. The Kier molecular flexibility index (Phi) is 4.76. The minimum atomic E-state index is -0.0103. The van der Waals surface area contributed by atoms with Crippen molar-refractivity contribution in [3.63, 3.8) is 0 Å². The van der Waals surface area contributed by atoms with Crippen LogP contribution in [0.3, 0.4) is 0 Å². The van der Waals surface area contributed by atoms with E-state index in [0.29, 0.717) is 6.04 Å². The lowest BCUT2D eigenvalue weighted by Crippen LogP contribution is -2.39. The van der Waals surface area contributed by atoms with Gasteiger partial charge >= 0.3 is 0 Å². The van der Waals surface area contributed by atoms with Crippen LogP contribution in [-0.4, -0.2) is 26.7 Å². The molecule has 0 unspecified atom stereocenters. The quantitative estimate of drug-likeness (QED) is 0.841. The van der Waals surface area contributed by atoms with Gasteiger partial charge in [-0.15, -0.1) is 5.10 Å². The number of carbonyl (C=O) groups is 1. The van der Waals surface area contributed by atoms with Crippen molar-refractivity contribution in [3.8, 4) is 0 Å². The highest BCUT2D eigenvalue weighted by molar-refractivity contribution is 5.75. The molecule has 6 heteroatoms. The molecule has 0 saturated heterocycles. The lowest BCUT2D eigenvalue weighted by atomic mass is 9.83. The molecule has 0 radical (unpaired) electrons. The number of hydrogen-bond donors (Lipinski definition) is 2. The number of nitrogens with zero attached hydrogens (tertiary/aromatic N) is 3. The van der Waals surface area contributed by atoms with Crippen LogP contribution in [0.25, 0.3) is 0 Å². The molecule has 0 bridgehead atoms. The van der Waals surface area contributed by atoms with Crippen LogP contribution in [0.2, 0.25) is 0 Å². The summed E-state index contributed by atoms with van der Waals surface area (Å²) in [4.78, 5) is 15.7. The summed E-state index contributed by atoms with van der Waals surface area (Å²) in [5.41, 5.74) is 5.41. The fourth-order valence-electron chi connectivity index (χ4n) is 2.81. The van der Waals surface area contributed by atoms with Crippen LogP contribution >= 0.6 is 0 Å². The van der Waals surface area contributed by atoms with Crippen molar-refractivity contribution in [2.75, 3.05) is 5.73 Å². The van der Waals surface area contributed by atoms with Crippen molar-refractivity contribution < 1.29 is 4.79 Å². The number of nitrogens with one attached hydrogen (secondary N) is 1. The third-order valence-electron chi connectivity index (χ3n) is 3.77. The average molecular weight is 265 g/mol. The van der Waals surface area contributed by atoms with Crippen molar-refractivity contribution in [1.82, 2.24) is 20.1 Å². The zero-order chi connectivity index (χ0) is 13.7. The first kappa shape index (κ1) is 13.8. The molecule has 1 aromatic rings. The van der Waals surface area contributed by atoms with Crippen LogP contribution in [-0.2, 0) is 11.3 Å². The van der Waals surface area contributed by atoms with Gasteiger partial charge in [0.1, 0.15) is 12.9 Å². The van der Waals surface area contributed by atoms with Gasteiger partial charge in [0.25, 0.3) is 0 Å². The lowest BCUT2D eigenvalue weighted by molar-refractivity contribution is -0.122. The van der Waals surface area contributed by atoms with Gasteiger partial charge in [-0.1, -0.05) is 19.8 Å². The highest BCUT2D eigenvalue weighted by Crippen LogP contribution is 2.27. The molecule has 1 aromatic heterocycles. The fourth-order valence-corrected chi connectivity index (χ4v) is 2.81. The summed E-state index contributed by atoms with van der Waals surface area (Å²) in [6, 6.07) is 0.321. The molecule has 0 spiro atoms. The molecule has 1 amide bonds. The van der Waals surface area contributed by atoms with E-state index >= 15 is 0 Å². The number of rotatable bonds is 5. The Morgan fingerprint density at radius 2 is 2.21 bits per heavy atom. The largest absolute Gasteiger partial charge is 0.367 e. The van der Waals surface area contributed by atoms with Gasteiger partial charge in [-0.3, -0.25) is 4.79 Å². The molecule has 1 heterocycles. The summed E-state index contributed by atoms with van der Waals surface area (Å²) in [5, 5.41) is 6.97. The minimum Gasteiger partial charge on any atom is -0.367 e. The topological polar surface area (TPSA) is 85.8 Å². The van der Waals surface area contributed by atoms with Crippen LogP contribution in [0.5, 0.6) is 0 Å².